The molecule has 1 saturated heterocycles. The first-order valence-electron chi connectivity index (χ1n) is 10.4. The number of halogens is 3. The lowest BCUT2D eigenvalue weighted by atomic mass is 9.87. The van der Waals surface area contributed by atoms with Gasteiger partial charge in [-0.1, -0.05) is 45.0 Å². The maximum atomic E-state index is 13.2. The number of hydrogen-bond acceptors (Lipinski definition) is 3. The molecule has 0 radical (unpaired) electrons. The van der Waals surface area contributed by atoms with Crippen LogP contribution in [0.2, 0.25) is 0 Å². The fourth-order valence-corrected chi connectivity index (χ4v) is 3.69. The normalized spacial score (nSPS) is 16.5. The quantitative estimate of drug-likeness (QED) is 0.721. The standard InChI is InChI=1S/C24H27F3N2O3/c1-22(2,3)16-8-10-17(11-9-16)28-21(31)23(32)12-14-29(15-13-23)20(30)18-6-4-5-7-19(18)24(25,26)27/h4-11,32H,12-15H2,1-3H3,(H,28,31). The highest BCUT2D eigenvalue weighted by atomic mass is 19.4. The van der Waals surface area contributed by atoms with E-state index in [2.05, 4.69) is 26.1 Å². The lowest BCUT2D eigenvalue weighted by Crippen LogP contribution is -2.53. The highest BCUT2D eigenvalue weighted by Gasteiger charge is 2.42. The van der Waals surface area contributed by atoms with Crippen LogP contribution in [0.5, 0.6) is 0 Å². The van der Waals surface area contributed by atoms with E-state index >= 15 is 0 Å². The Balaban J connectivity index is 1.65. The average Bonchev–Trinajstić information content (AvgIpc) is 2.73. The summed E-state index contributed by atoms with van der Waals surface area (Å²) in [4.78, 5) is 26.6. The second-order valence-electron chi connectivity index (χ2n) is 9.15. The molecule has 2 N–H and O–H groups in total. The highest BCUT2D eigenvalue weighted by Crippen LogP contribution is 2.33. The molecule has 2 aromatic rings. The third-order valence-corrected chi connectivity index (χ3v) is 5.77. The summed E-state index contributed by atoms with van der Waals surface area (Å²) in [6.07, 6.45) is -4.79. The molecule has 1 aliphatic rings. The van der Waals surface area contributed by atoms with Crippen LogP contribution in [0.15, 0.2) is 48.5 Å². The number of carbonyl (C=O) groups excluding carboxylic acids is 2. The van der Waals surface area contributed by atoms with Gasteiger partial charge in [0.15, 0.2) is 0 Å². The first-order valence-corrected chi connectivity index (χ1v) is 10.4. The van der Waals surface area contributed by atoms with Gasteiger partial charge in [0.05, 0.1) is 11.1 Å². The summed E-state index contributed by atoms with van der Waals surface area (Å²) in [5.74, 6) is -1.36. The van der Waals surface area contributed by atoms with Gasteiger partial charge in [0, 0.05) is 31.6 Å². The fraction of sp³-hybridized carbons (Fsp3) is 0.417. The van der Waals surface area contributed by atoms with E-state index in [1.807, 2.05) is 12.1 Å². The van der Waals surface area contributed by atoms with Crippen LogP contribution in [0.3, 0.4) is 0 Å². The largest absolute Gasteiger partial charge is 0.417 e. The molecule has 0 spiro atoms. The van der Waals surface area contributed by atoms with E-state index in [1.54, 1.807) is 12.1 Å². The van der Waals surface area contributed by atoms with E-state index in [0.29, 0.717) is 5.69 Å². The maximum Gasteiger partial charge on any atom is 0.417 e. The zero-order chi connectivity index (χ0) is 23.7. The van der Waals surface area contributed by atoms with Crippen molar-refractivity contribution in [3.63, 3.8) is 0 Å². The molecular weight excluding hydrogens is 421 g/mol. The number of carbonyl (C=O) groups is 2. The zero-order valence-corrected chi connectivity index (χ0v) is 18.3. The number of alkyl halides is 3. The number of rotatable bonds is 3. The minimum atomic E-state index is -4.65. The van der Waals surface area contributed by atoms with Crippen molar-refractivity contribution >= 4 is 17.5 Å². The van der Waals surface area contributed by atoms with Crippen LogP contribution in [0, 0.1) is 0 Å². The summed E-state index contributed by atoms with van der Waals surface area (Å²) in [6, 6.07) is 11.9. The number of nitrogens with one attached hydrogen (secondary N) is 1. The monoisotopic (exact) mass is 448 g/mol. The number of benzene rings is 2. The smallest absolute Gasteiger partial charge is 0.380 e. The van der Waals surface area contributed by atoms with Crippen LogP contribution in [-0.2, 0) is 16.4 Å². The molecule has 3 rings (SSSR count). The Bertz CT molecular complexity index is 987. The molecule has 172 valence electrons. The molecule has 2 amide bonds. The summed E-state index contributed by atoms with van der Waals surface area (Å²) in [5, 5.41) is 13.5. The van der Waals surface area contributed by atoms with Crippen molar-refractivity contribution in [3.05, 3.63) is 65.2 Å². The summed E-state index contributed by atoms with van der Waals surface area (Å²) in [6.45, 7) is 6.16. The lowest BCUT2D eigenvalue weighted by Gasteiger charge is -2.37. The van der Waals surface area contributed by atoms with Gasteiger partial charge in [-0.05, 0) is 35.2 Å². The highest BCUT2D eigenvalue weighted by molar-refractivity contribution is 5.98. The van der Waals surface area contributed by atoms with Crippen LogP contribution >= 0.6 is 0 Å². The maximum absolute atomic E-state index is 13.2. The third-order valence-electron chi connectivity index (χ3n) is 5.77. The lowest BCUT2D eigenvalue weighted by molar-refractivity contribution is -0.138. The molecule has 0 atom stereocenters. The van der Waals surface area contributed by atoms with Crippen molar-refractivity contribution in [2.75, 3.05) is 18.4 Å². The fourth-order valence-electron chi connectivity index (χ4n) is 3.69. The van der Waals surface area contributed by atoms with Gasteiger partial charge >= 0.3 is 6.18 Å². The molecule has 32 heavy (non-hydrogen) atoms. The van der Waals surface area contributed by atoms with Crippen LogP contribution < -0.4 is 5.32 Å². The van der Waals surface area contributed by atoms with E-state index < -0.39 is 34.7 Å². The predicted molar refractivity (Wildman–Crippen MR) is 115 cm³/mol. The van der Waals surface area contributed by atoms with Crippen LogP contribution in [0.25, 0.3) is 0 Å². The molecule has 2 aromatic carbocycles. The summed E-state index contributed by atoms with van der Waals surface area (Å²) in [5.41, 5.74) is -1.54. The molecule has 0 unspecified atom stereocenters. The molecule has 0 saturated carbocycles. The number of aliphatic hydroxyl groups is 1. The Morgan fingerprint density at radius 3 is 2.06 bits per heavy atom. The van der Waals surface area contributed by atoms with Crippen molar-refractivity contribution < 1.29 is 27.9 Å². The Hall–Kier alpha value is -2.87. The van der Waals surface area contributed by atoms with Crippen LogP contribution in [0.4, 0.5) is 18.9 Å². The van der Waals surface area contributed by atoms with E-state index in [-0.39, 0.29) is 31.3 Å². The second-order valence-corrected chi connectivity index (χ2v) is 9.15. The minimum Gasteiger partial charge on any atom is -0.380 e. The van der Waals surface area contributed by atoms with E-state index in [1.165, 1.54) is 17.0 Å². The first kappa shape index (κ1) is 23.8. The van der Waals surface area contributed by atoms with E-state index in [4.69, 9.17) is 0 Å². The summed E-state index contributed by atoms with van der Waals surface area (Å²) < 4.78 is 39.7. The topological polar surface area (TPSA) is 69.6 Å². The molecule has 1 fully saturated rings. The Kier molecular flexibility index (Phi) is 6.38. The molecule has 1 heterocycles. The molecule has 5 nitrogen and oxygen atoms in total. The number of nitrogens with zero attached hydrogens (tertiary/aromatic N) is 1. The van der Waals surface area contributed by atoms with Gasteiger partial charge < -0.3 is 15.3 Å². The van der Waals surface area contributed by atoms with Crippen LogP contribution in [-0.4, -0.2) is 40.5 Å². The second kappa shape index (κ2) is 8.58. The van der Waals surface area contributed by atoms with Gasteiger partial charge in [-0.2, -0.15) is 13.2 Å². The zero-order valence-electron chi connectivity index (χ0n) is 18.3. The van der Waals surface area contributed by atoms with E-state index in [0.717, 1.165) is 17.7 Å². The van der Waals surface area contributed by atoms with E-state index in [9.17, 15) is 27.9 Å². The third kappa shape index (κ3) is 5.12. The summed E-state index contributed by atoms with van der Waals surface area (Å²) in [7, 11) is 0. The van der Waals surface area contributed by atoms with Gasteiger partial charge in [0.1, 0.15) is 5.60 Å². The molecule has 0 aromatic heterocycles. The molecule has 1 aliphatic heterocycles. The molecule has 0 aliphatic carbocycles. The minimum absolute atomic E-state index is 0.0299. The number of piperidine rings is 1. The number of hydrogen-bond donors (Lipinski definition) is 2. The van der Waals surface area contributed by atoms with Gasteiger partial charge in [-0.15, -0.1) is 0 Å². The number of likely N-dealkylation sites (tertiary alicyclic amines) is 1. The van der Waals surface area contributed by atoms with Gasteiger partial charge in [-0.25, -0.2) is 0 Å². The van der Waals surface area contributed by atoms with Gasteiger partial charge in [0.25, 0.3) is 11.8 Å². The predicted octanol–water partition coefficient (Wildman–Crippen LogP) is 4.61. The van der Waals surface area contributed by atoms with Gasteiger partial charge in [0.2, 0.25) is 0 Å². The summed E-state index contributed by atoms with van der Waals surface area (Å²) >= 11 is 0. The number of anilines is 1. The SMILES string of the molecule is CC(C)(C)c1ccc(NC(=O)C2(O)CCN(C(=O)c3ccccc3C(F)(F)F)CC2)cc1. The van der Waals surface area contributed by atoms with Crippen molar-refractivity contribution in [1.29, 1.82) is 0 Å². The van der Waals surface area contributed by atoms with Crippen LogP contribution in [0.1, 0.15) is 55.1 Å². The number of amides is 2. The average molecular weight is 448 g/mol. The van der Waals surface area contributed by atoms with Gasteiger partial charge in [-0.3, -0.25) is 9.59 Å². The van der Waals surface area contributed by atoms with Crippen molar-refractivity contribution in [3.8, 4) is 0 Å². The molecular formula is C24H27F3N2O3. The Morgan fingerprint density at radius 2 is 1.53 bits per heavy atom. The van der Waals surface area contributed by atoms with Crippen molar-refractivity contribution in [2.24, 2.45) is 0 Å². The first-order chi connectivity index (χ1) is 14.8. The Morgan fingerprint density at radius 1 is 0.969 bits per heavy atom. The molecule has 8 heteroatoms. The molecule has 0 bridgehead atoms. The van der Waals surface area contributed by atoms with Crippen molar-refractivity contribution in [2.45, 2.75) is 50.8 Å². The van der Waals surface area contributed by atoms with Crippen molar-refractivity contribution in [1.82, 2.24) is 4.90 Å². The Labute approximate surface area is 185 Å².